The maximum Gasteiger partial charge on any atom is 0.236 e. The summed E-state index contributed by atoms with van der Waals surface area (Å²) in [4.78, 5) is 13.7. The first kappa shape index (κ1) is 13.9. The first-order valence-electron chi connectivity index (χ1n) is 5.32. The molecule has 0 aliphatic carbocycles. The first-order valence-corrected chi connectivity index (χ1v) is 6.24. The summed E-state index contributed by atoms with van der Waals surface area (Å²) >= 11 is 3.44. The monoisotopic (exact) mass is 263 g/mol. The molecule has 0 fully saturated rings. The van der Waals surface area contributed by atoms with Gasteiger partial charge in [0.25, 0.3) is 0 Å². The van der Waals surface area contributed by atoms with E-state index in [1.165, 1.54) is 0 Å². The van der Waals surface area contributed by atoms with E-state index in [2.05, 4.69) is 43.6 Å². The van der Waals surface area contributed by atoms with Gasteiger partial charge in [-0.05, 0) is 19.3 Å². The van der Waals surface area contributed by atoms with E-state index in [0.29, 0.717) is 12.0 Å². The number of rotatable bonds is 5. The van der Waals surface area contributed by atoms with Crippen molar-refractivity contribution in [3.63, 3.8) is 0 Å². The van der Waals surface area contributed by atoms with Crippen LogP contribution in [0.4, 0.5) is 0 Å². The van der Waals surface area contributed by atoms with Gasteiger partial charge in [0.1, 0.15) is 0 Å². The second-order valence-corrected chi connectivity index (χ2v) is 5.22. The normalized spacial score (nSPS) is 15.4. The molecule has 3 heteroatoms. The average Bonchev–Trinajstić information content (AvgIpc) is 2.14. The van der Waals surface area contributed by atoms with Crippen molar-refractivity contribution in [1.82, 2.24) is 4.90 Å². The summed E-state index contributed by atoms with van der Waals surface area (Å²) in [6.07, 6.45) is 2.19. The van der Waals surface area contributed by atoms with Crippen LogP contribution >= 0.6 is 15.9 Å². The predicted octanol–water partition coefficient (Wildman–Crippen LogP) is 3.05. The van der Waals surface area contributed by atoms with Crippen molar-refractivity contribution in [2.45, 2.75) is 51.4 Å². The maximum absolute atomic E-state index is 11.9. The Balaban J connectivity index is 4.23. The summed E-state index contributed by atoms with van der Waals surface area (Å²) in [5, 5.41) is 0. The van der Waals surface area contributed by atoms with E-state index in [4.69, 9.17) is 0 Å². The number of alkyl halides is 1. The minimum Gasteiger partial charge on any atom is -0.342 e. The summed E-state index contributed by atoms with van der Waals surface area (Å²) < 4.78 is 0. The van der Waals surface area contributed by atoms with E-state index < -0.39 is 0 Å². The lowest BCUT2D eigenvalue weighted by Gasteiger charge is -2.28. The molecule has 0 rings (SSSR count). The van der Waals surface area contributed by atoms with Crippen molar-refractivity contribution in [1.29, 1.82) is 0 Å². The molecular weight excluding hydrogens is 242 g/mol. The van der Waals surface area contributed by atoms with Crippen molar-refractivity contribution in [2.24, 2.45) is 5.92 Å². The summed E-state index contributed by atoms with van der Waals surface area (Å²) in [6, 6.07) is 0.339. The number of halogens is 1. The standard InChI is InChI=1S/C11H22BrNO/c1-6-7-9(4)13(5)11(14)10(12)8(2)3/h8-10H,6-7H2,1-5H3. The van der Waals surface area contributed by atoms with Gasteiger partial charge in [-0.15, -0.1) is 0 Å². The molecule has 2 atom stereocenters. The number of carbonyl (C=O) groups is 1. The third-order valence-electron chi connectivity index (χ3n) is 2.54. The van der Waals surface area contributed by atoms with E-state index >= 15 is 0 Å². The van der Waals surface area contributed by atoms with Gasteiger partial charge in [-0.1, -0.05) is 43.1 Å². The van der Waals surface area contributed by atoms with Crippen LogP contribution in [0.3, 0.4) is 0 Å². The Hall–Kier alpha value is -0.0500. The zero-order valence-electron chi connectivity index (χ0n) is 9.88. The first-order chi connectivity index (χ1) is 6.41. The Morgan fingerprint density at radius 3 is 2.21 bits per heavy atom. The van der Waals surface area contributed by atoms with Gasteiger partial charge in [-0.2, -0.15) is 0 Å². The highest BCUT2D eigenvalue weighted by Gasteiger charge is 2.24. The van der Waals surface area contributed by atoms with E-state index in [1.54, 1.807) is 0 Å². The molecule has 0 aromatic carbocycles. The zero-order valence-corrected chi connectivity index (χ0v) is 11.5. The number of nitrogens with zero attached hydrogens (tertiary/aromatic N) is 1. The van der Waals surface area contributed by atoms with E-state index in [0.717, 1.165) is 12.8 Å². The van der Waals surface area contributed by atoms with Gasteiger partial charge in [0.15, 0.2) is 0 Å². The molecule has 0 aliphatic rings. The molecule has 0 aromatic heterocycles. The summed E-state index contributed by atoms with van der Waals surface area (Å²) in [6.45, 7) is 8.34. The molecule has 2 unspecified atom stereocenters. The Kier molecular flexibility index (Phi) is 6.41. The van der Waals surface area contributed by atoms with Gasteiger partial charge in [0, 0.05) is 13.1 Å². The molecular formula is C11H22BrNO. The van der Waals surface area contributed by atoms with Crippen LogP contribution in [0, 0.1) is 5.92 Å². The molecule has 1 amide bonds. The topological polar surface area (TPSA) is 20.3 Å². The number of carbonyl (C=O) groups excluding carboxylic acids is 1. The second-order valence-electron chi connectivity index (χ2n) is 4.23. The Morgan fingerprint density at radius 1 is 1.36 bits per heavy atom. The van der Waals surface area contributed by atoms with Crippen LogP contribution in [0.5, 0.6) is 0 Å². The van der Waals surface area contributed by atoms with Gasteiger partial charge in [0.05, 0.1) is 4.83 Å². The maximum atomic E-state index is 11.9. The molecule has 0 aromatic rings. The van der Waals surface area contributed by atoms with Crippen LogP contribution in [-0.2, 0) is 4.79 Å². The van der Waals surface area contributed by atoms with Gasteiger partial charge in [-0.3, -0.25) is 4.79 Å². The molecule has 0 saturated heterocycles. The van der Waals surface area contributed by atoms with Crippen LogP contribution in [-0.4, -0.2) is 28.7 Å². The highest BCUT2D eigenvalue weighted by Crippen LogP contribution is 2.16. The quantitative estimate of drug-likeness (QED) is 0.699. The van der Waals surface area contributed by atoms with Crippen molar-refractivity contribution in [3.05, 3.63) is 0 Å². The average molecular weight is 264 g/mol. The summed E-state index contributed by atoms with van der Waals surface area (Å²) in [7, 11) is 1.89. The molecule has 0 bridgehead atoms. The van der Waals surface area contributed by atoms with Crippen LogP contribution in [0.25, 0.3) is 0 Å². The number of hydrogen-bond donors (Lipinski definition) is 0. The minimum atomic E-state index is -0.0493. The molecule has 0 radical (unpaired) electrons. The largest absolute Gasteiger partial charge is 0.342 e. The van der Waals surface area contributed by atoms with Gasteiger partial charge < -0.3 is 4.90 Å². The van der Waals surface area contributed by atoms with Crippen molar-refractivity contribution in [3.8, 4) is 0 Å². The van der Waals surface area contributed by atoms with E-state index in [-0.39, 0.29) is 10.7 Å². The molecule has 0 saturated carbocycles. The third-order valence-corrected chi connectivity index (χ3v) is 3.99. The fourth-order valence-electron chi connectivity index (χ4n) is 1.31. The second kappa shape index (κ2) is 6.44. The summed E-state index contributed by atoms with van der Waals surface area (Å²) in [5.74, 6) is 0.541. The lowest BCUT2D eigenvalue weighted by Crippen LogP contribution is -2.41. The fourth-order valence-corrected chi connectivity index (χ4v) is 1.63. The highest BCUT2D eigenvalue weighted by atomic mass is 79.9. The molecule has 84 valence electrons. The molecule has 0 aliphatic heterocycles. The van der Waals surface area contributed by atoms with Crippen LogP contribution in [0.1, 0.15) is 40.5 Å². The number of hydrogen-bond acceptors (Lipinski definition) is 1. The van der Waals surface area contributed by atoms with Crippen LogP contribution in [0.2, 0.25) is 0 Å². The molecule has 2 nitrogen and oxygen atoms in total. The molecule has 0 N–H and O–H groups in total. The number of amides is 1. The third kappa shape index (κ3) is 3.99. The van der Waals surface area contributed by atoms with Crippen molar-refractivity contribution >= 4 is 21.8 Å². The SMILES string of the molecule is CCCC(C)N(C)C(=O)C(Br)C(C)C. The van der Waals surface area contributed by atoms with Crippen LogP contribution < -0.4 is 0 Å². The van der Waals surface area contributed by atoms with Crippen LogP contribution in [0.15, 0.2) is 0 Å². The Labute approximate surface area is 96.2 Å². The Bertz CT molecular complexity index is 182. The zero-order chi connectivity index (χ0) is 11.3. The fraction of sp³-hybridized carbons (Fsp3) is 0.909. The molecule has 14 heavy (non-hydrogen) atoms. The predicted molar refractivity (Wildman–Crippen MR) is 64.7 cm³/mol. The van der Waals surface area contributed by atoms with Crippen molar-refractivity contribution < 1.29 is 4.79 Å². The van der Waals surface area contributed by atoms with E-state index in [1.807, 2.05) is 11.9 Å². The van der Waals surface area contributed by atoms with E-state index in [9.17, 15) is 4.79 Å². The summed E-state index contributed by atoms with van der Waals surface area (Å²) in [5.41, 5.74) is 0. The smallest absolute Gasteiger partial charge is 0.236 e. The lowest BCUT2D eigenvalue weighted by atomic mass is 10.1. The van der Waals surface area contributed by atoms with Gasteiger partial charge in [-0.25, -0.2) is 0 Å². The van der Waals surface area contributed by atoms with Gasteiger partial charge in [0.2, 0.25) is 5.91 Å². The van der Waals surface area contributed by atoms with Crippen molar-refractivity contribution in [2.75, 3.05) is 7.05 Å². The molecule has 0 heterocycles. The minimum absolute atomic E-state index is 0.0493. The highest BCUT2D eigenvalue weighted by molar-refractivity contribution is 9.10. The lowest BCUT2D eigenvalue weighted by molar-refractivity contribution is -0.131. The Morgan fingerprint density at radius 2 is 1.86 bits per heavy atom. The van der Waals surface area contributed by atoms with Gasteiger partial charge >= 0.3 is 0 Å². The molecule has 0 spiro atoms.